The molecular formula is C15H11F3N4O2. The van der Waals surface area contributed by atoms with Crippen LogP contribution in [-0.2, 0) is 6.18 Å². The number of H-pyrrole nitrogens is 1. The third kappa shape index (κ3) is 2.32. The Bertz CT molecular complexity index is 864. The first kappa shape index (κ1) is 15.7. The minimum Gasteiger partial charge on any atom is -0.496 e. The lowest BCUT2D eigenvalue weighted by Crippen LogP contribution is -2.23. The number of ether oxygens (including phenoxy) is 2. The van der Waals surface area contributed by atoms with E-state index in [0.29, 0.717) is 11.3 Å². The number of benzene rings is 1. The summed E-state index contributed by atoms with van der Waals surface area (Å²) in [5, 5.41) is 14.9. The molecule has 2 aromatic rings. The maximum absolute atomic E-state index is 13.3. The van der Waals surface area contributed by atoms with Gasteiger partial charge in [0.15, 0.2) is 0 Å². The first-order valence-corrected chi connectivity index (χ1v) is 6.74. The highest BCUT2D eigenvalue weighted by molar-refractivity contribution is 5.58. The number of nitrogens with one attached hydrogen (secondary N) is 1. The summed E-state index contributed by atoms with van der Waals surface area (Å²) in [5.74, 6) is -1.38. The fourth-order valence-corrected chi connectivity index (χ4v) is 2.68. The Hall–Kier alpha value is -3.15. The zero-order chi connectivity index (χ0) is 17.5. The lowest BCUT2D eigenvalue weighted by Gasteiger charge is -2.25. The molecule has 1 aromatic carbocycles. The highest BCUT2D eigenvalue weighted by atomic mass is 19.4. The number of allylic oxidation sites excluding steroid dienone is 1. The summed E-state index contributed by atoms with van der Waals surface area (Å²) in [4.78, 5) is 0. The second-order valence-corrected chi connectivity index (χ2v) is 4.98. The number of fused-ring (bicyclic) bond motifs is 1. The van der Waals surface area contributed by atoms with E-state index in [4.69, 9.17) is 15.2 Å². The van der Waals surface area contributed by atoms with Crippen LogP contribution in [0.4, 0.5) is 13.2 Å². The number of halogens is 3. The van der Waals surface area contributed by atoms with Gasteiger partial charge in [-0.15, -0.1) is 5.10 Å². The van der Waals surface area contributed by atoms with Crippen molar-refractivity contribution in [3.8, 4) is 17.7 Å². The molecule has 0 radical (unpaired) electrons. The van der Waals surface area contributed by atoms with Crippen molar-refractivity contribution in [2.75, 3.05) is 7.11 Å². The van der Waals surface area contributed by atoms with Gasteiger partial charge in [0.05, 0.1) is 18.6 Å². The molecule has 0 spiro atoms. The normalized spacial score (nSPS) is 17.0. The number of methoxy groups -OCH3 is 1. The Balaban J connectivity index is 2.31. The molecule has 1 aromatic heterocycles. The molecule has 24 heavy (non-hydrogen) atoms. The lowest BCUT2D eigenvalue weighted by atomic mass is 9.83. The fourth-order valence-electron chi connectivity index (χ4n) is 2.68. The molecule has 124 valence electrons. The molecule has 1 atom stereocenters. The van der Waals surface area contributed by atoms with Crippen molar-refractivity contribution in [2.24, 2.45) is 5.73 Å². The van der Waals surface area contributed by atoms with Crippen LogP contribution in [0.1, 0.15) is 22.7 Å². The van der Waals surface area contributed by atoms with Gasteiger partial charge in [-0.05, 0) is 6.07 Å². The van der Waals surface area contributed by atoms with Gasteiger partial charge in [0.1, 0.15) is 23.1 Å². The van der Waals surface area contributed by atoms with Crippen molar-refractivity contribution in [3.05, 3.63) is 52.5 Å². The molecule has 1 aliphatic rings. The number of aromatic nitrogens is 2. The SMILES string of the molecule is COc1ccccc1[C@H]1C(C#N)=C(N)Oc2n[nH]c(C(F)(F)F)c21. The number of rotatable bonds is 2. The molecular weight excluding hydrogens is 325 g/mol. The fraction of sp³-hybridized carbons (Fsp3) is 0.200. The summed E-state index contributed by atoms with van der Waals surface area (Å²) in [5.41, 5.74) is 4.54. The third-order valence-corrected chi connectivity index (χ3v) is 3.67. The number of aromatic amines is 1. The summed E-state index contributed by atoms with van der Waals surface area (Å²) in [6.45, 7) is 0. The van der Waals surface area contributed by atoms with E-state index in [0.717, 1.165) is 0 Å². The second-order valence-electron chi connectivity index (χ2n) is 4.98. The molecule has 3 N–H and O–H groups in total. The summed E-state index contributed by atoms with van der Waals surface area (Å²) >= 11 is 0. The standard InChI is InChI=1S/C15H11F3N4O2/c1-23-9-5-3-2-4-7(9)10-8(6-19)13(20)24-14-11(10)12(21-22-14)15(16,17)18/h2-5,10H,20H2,1H3,(H,21,22)/t10-/m0/s1. The van der Waals surface area contributed by atoms with Crippen LogP contribution in [-0.4, -0.2) is 17.3 Å². The van der Waals surface area contributed by atoms with Crippen LogP contribution in [0.15, 0.2) is 35.7 Å². The minimum atomic E-state index is -4.70. The van der Waals surface area contributed by atoms with Crippen LogP contribution in [0.5, 0.6) is 11.6 Å². The van der Waals surface area contributed by atoms with Crippen molar-refractivity contribution in [2.45, 2.75) is 12.1 Å². The highest BCUT2D eigenvalue weighted by Crippen LogP contribution is 2.48. The number of alkyl halides is 3. The first-order valence-electron chi connectivity index (χ1n) is 6.74. The minimum absolute atomic E-state index is 0.140. The number of nitrogens with two attached hydrogens (primary N) is 1. The van der Waals surface area contributed by atoms with Crippen LogP contribution in [0.25, 0.3) is 0 Å². The summed E-state index contributed by atoms with van der Waals surface area (Å²) < 4.78 is 50.3. The summed E-state index contributed by atoms with van der Waals surface area (Å²) in [7, 11) is 1.39. The predicted molar refractivity (Wildman–Crippen MR) is 75.9 cm³/mol. The summed E-state index contributed by atoms with van der Waals surface area (Å²) in [6.07, 6.45) is -4.70. The highest BCUT2D eigenvalue weighted by Gasteiger charge is 2.45. The number of hydrogen-bond acceptors (Lipinski definition) is 5. The van der Waals surface area contributed by atoms with Crippen LogP contribution >= 0.6 is 0 Å². The topological polar surface area (TPSA) is 96.9 Å². The molecule has 0 bridgehead atoms. The van der Waals surface area contributed by atoms with E-state index in [9.17, 15) is 18.4 Å². The zero-order valence-corrected chi connectivity index (χ0v) is 12.3. The summed E-state index contributed by atoms with van der Waals surface area (Å²) in [6, 6.07) is 8.28. The van der Waals surface area contributed by atoms with Gasteiger partial charge in [-0.2, -0.15) is 18.4 Å². The van der Waals surface area contributed by atoms with Gasteiger partial charge in [0.2, 0.25) is 11.8 Å². The molecule has 0 fully saturated rings. The average Bonchev–Trinajstić information content (AvgIpc) is 2.97. The zero-order valence-electron chi connectivity index (χ0n) is 12.3. The van der Waals surface area contributed by atoms with E-state index in [2.05, 4.69) is 5.10 Å². The largest absolute Gasteiger partial charge is 0.496 e. The molecule has 0 unspecified atom stereocenters. The van der Waals surface area contributed by atoms with Gasteiger partial charge in [-0.25, -0.2) is 0 Å². The van der Waals surface area contributed by atoms with E-state index in [1.165, 1.54) is 7.11 Å². The molecule has 0 amide bonds. The second kappa shape index (κ2) is 5.49. The average molecular weight is 336 g/mol. The van der Waals surface area contributed by atoms with Crippen LogP contribution in [0.3, 0.4) is 0 Å². The van der Waals surface area contributed by atoms with Crippen molar-refractivity contribution in [1.82, 2.24) is 10.2 Å². The Morgan fingerprint density at radius 3 is 2.71 bits per heavy atom. The van der Waals surface area contributed by atoms with E-state index in [1.807, 2.05) is 11.2 Å². The maximum Gasteiger partial charge on any atom is 0.433 e. The number of hydrogen-bond donors (Lipinski definition) is 2. The van der Waals surface area contributed by atoms with Gasteiger partial charge in [0, 0.05) is 5.56 Å². The third-order valence-electron chi connectivity index (χ3n) is 3.67. The van der Waals surface area contributed by atoms with Gasteiger partial charge in [0.25, 0.3) is 0 Å². The monoisotopic (exact) mass is 336 g/mol. The van der Waals surface area contributed by atoms with Crippen molar-refractivity contribution in [3.63, 3.8) is 0 Å². The molecule has 0 aliphatic carbocycles. The van der Waals surface area contributed by atoms with Crippen LogP contribution < -0.4 is 15.2 Å². The van der Waals surface area contributed by atoms with Crippen LogP contribution in [0.2, 0.25) is 0 Å². The first-order chi connectivity index (χ1) is 11.4. The molecule has 0 saturated heterocycles. The molecule has 1 aliphatic heterocycles. The molecule has 0 saturated carbocycles. The number of para-hydroxylation sites is 1. The predicted octanol–water partition coefficient (Wildman–Crippen LogP) is 2.66. The Kier molecular flexibility index (Phi) is 3.60. The van der Waals surface area contributed by atoms with Gasteiger partial charge in [-0.3, -0.25) is 5.10 Å². The Labute approximate surface area is 134 Å². The molecule has 6 nitrogen and oxygen atoms in total. The molecule has 3 rings (SSSR count). The van der Waals surface area contributed by atoms with E-state index in [1.54, 1.807) is 24.3 Å². The maximum atomic E-state index is 13.3. The quantitative estimate of drug-likeness (QED) is 0.879. The van der Waals surface area contributed by atoms with Gasteiger partial charge in [-0.1, -0.05) is 18.2 Å². The van der Waals surface area contributed by atoms with E-state index >= 15 is 0 Å². The Morgan fingerprint density at radius 1 is 1.38 bits per heavy atom. The van der Waals surface area contributed by atoms with Gasteiger partial charge >= 0.3 is 6.18 Å². The molecule has 2 heterocycles. The van der Waals surface area contributed by atoms with Crippen molar-refractivity contribution in [1.29, 1.82) is 5.26 Å². The van der Waals surface area contributed by atoms with E-state index in [-0.39, 0.29) is 22.9 Å². The number of nitrogens with zero attached hydrogens (tertiary/aromatic N) is 2. The molecule has 9 heteroatoms. The van der Waals surface area contributed by atoms with Gasteiger partial charge < -0.3 is 15.2 Å². The number of nitriles is 1. The van der Waals surface area contributed by atoms with Crippen molar-refractivity contribution < 1.29 is 22.6 Å². The Morgan fingerprint density at radius 2 is 2.08 bits per heavy atom. The van der Waals surface area contributed by atoms with E-state index < -0.39 is 17.8 Å². The van der Waals surface area contributed by atoms with Crippen molar-refractivity contribution >= 4 is 0 Å². The smallest absolute Gasteiger partial charge is 0.433 e. The van der Waals surface area contributed by atoms with Crippen LogP contribution in [0, 0.1) is 11.3 Å². The lowest BCUT2D eigenvalue weighted by molar-refractivity contribution is -0.141.